The molecule has 0 aliphatic carbocycles. The number of hydrogen-bond donors (Lipinski definition) is 5. The van der Waals surface area contributed by atoms with Crippen molar-refractivity contribution in [1.29, 1.82) is 0 Å². The van der Waals surface area contributed by atoms with Gasteiger partial charge in [0.1, 0.15) is 0 Å². The van der Waals surface area contributed by atoms with Crippen LogP contribution in [0.4, 0.5) is 0 Å². The van der Waals surface area contributed by atoms with Crippen LogP contribution < -0.4 is 12.0 Å². The summed E-state index contributed by atoms with van der Waals surface area (Å²) in [7, 11) is 0. The number of rotatable bonds is 2. The van der Waals surface area contributed by atoms with E-state index < -0.39 is 24.5 Å². The molecule has 0 amide bonds. The van der Waals surface area contributed by atoms with Crippen molar-refractivity contribution in [3.63, 3.8) is 0 Å². The summed E-state index contributed by atoms with van der Waals surface area (Å²) in [5, 5.41) is 22.5. The minimum Gasteiger partial charge on any atom is -0.479 e. The van der Waals surface area contributed by atoms with Gasteiger partial charge in [-0.2, -0.15) is 0 Å². The molecule has 0 spiro atoms. The molecule has 0 aromatic rings. The zero-order valence-corrected chi connectivity index (χ0v) is 6.47. The molecule has 9 nitrogen and oxygen atoms in total. The Morgan fingerprint density at radius 1 is 1.08 bits per heavy atom. The topological polar surface area (TPSA) is 182 Å². The smallest absolute Gasteiger partial charge is 0.414 e. The third-order valence-corrected chi connectivity index (χ3v) is 0.390. The van der Waals surface area contributed by atoms with Crippen LogP contribution in [-0.2, 0) is 19.2 Å². The monoisotopic (exact) mass is 198 g/mol. The van der Waals surface area contributed by atoms with Crippen molar-refractivity contribution in [3.8, 4) is 0 Å². The molecular weight excluding hydrogens is 188 g/mol. The lowest BCUT2D eigenvalue weighted by molar-refractivity contribution is -0.159. The van der Waals surface area contributed by atoms with Crippen LogP contribution in [0.25, 0.3) is 0 Å². The molecule has 0 heterocycles. The highest BCUT2D eigenvalue weighted by Gasteiger charge is 2.04. The Morgan fingerprint density at radius 2 is 1.38 bits per heavy atom. The Hall–Kier alpha value is -1.71. The highest BCUT2D eigenvalue weighted by Crippen LogP contribution is 1.58. The molecule has 0 aliphatic rings. The lowest BCUT2D eigenvalue weighted by Crippen LogP contribution is -2.10. The van der Waals surface area contributed by atoms with Crippen LogP contribution in [0, 0.1) is 0 Å². The van der Waals surface area contributed by atoms with E-state index in [2.05, 4.69) is 10.7 Å². The molecule has 0 bridgehead atoms. The van der Waals surface area contributed by atoms with Crippen molar-refractivity contribution in [2.24, 2.45) is 5.90 Å². The summed E-state index contributed by atoms with van der Waals surface area (Å²) in [5.41, 5.74) is 0. The maximum atomic E-state index is 9.39. The Labute approximate surface area is 72.3 Å². The molecule has 0 fully saturated rings. The summed E-state index contributed by atoms with van der Waals surface area (Å²) >= 11 is 0. The van der Waals surface area contributed by atoms with E-state index in [-0.39, 0.29) is 6.15 Å². The molecule has 0 aliphatic heterocycles. The fraction of sp³-hybridized carbons (Fsp3) is 0.250. The Kier molecular flexibility index (Phi) is 13.8. The second-order valence-corrected chi connectivity index (χ2v) is 1.32. The fourth-order valence-electron chi connectivity index (χ4n) is 0.0713. The van der Waals surface area contributed by atoms with E-state index in [9.17, 15) is 4.79 Å². The molecule has 0 aromatic heterocycles. The molecule has 78 valence electrons. The van der Waals surface area contributed by atoms with E-state index in [1.807, 2.05) is 0 Å². The van der Waals surface area contributed by atoms with E-state index in [1.165, 1.54) is 0 Å². The fourth-order valence-corrected chi connectivity index (χ4v) is 0.0713. The summed E-state index contributed by atoms with van der Waals surface area (Å²) in [5.74, 6) is -0.357. The van der Waals surface area contributed by atoms with Gasteiger partial charge >= 0.3 is 17.9 Å². The molecule has 13 heavy (non-hydrogen) atoms. The van der Waals surface area contributed by atoms with E-state index >= 15 is 0 Å². The number of hydrogen-bond acceptors (Lipinski definition) is 6. The first-order valence-electron chi connectivity index (χ1n) is 2.41. The maximum absolute atomic E-state index is 9.39. The maximum Gasteiger partial charge on any atom is 0.414 e. The molecule has 0 aromatic carbocycles. The van der Waals surface area contributed by atoms with Crippen LogP contribution >= 0.6 is 0 Å². The van der Waals surface area contributed by atoms with Crippen molar-refractivity contribution in [2.75, 3.05) is 6.61 Å². The molecule has 0 saturated carbocycles. The average Bonchev–Trinajstić information content (AvgIpc) is 1.87. The van der Waals surface area contributed by atoms with Gasteiger partial charge < -0.3 is 21.5 Å². The molecule has 0 unspecified atom stereocenters. The third kappa shape index (κ3) is 25.3. The van der Waals surface area contributed by atoms with Gasteiger partial charge in [-0.3, -0.25) is 4.84 Å². The Balaban J connectivity index is -0.000000143. The van der Waals surface area contributed by atoms with Crippen molar-refractivity contribution in [2.45, 2.75) is 0 Å². The number of carbonyl (C=O) groups is 3. The van der Waals surface area contributed by atoms with Crippen molar-refractivity contribution in [3.05, 3.63) is 0 Å². The van der Waals surface area contributed by atoms with Crippen LogP contribution in [0.2, 0.25) is 0 Å². The van der Waals surface area contributed by atoms with Crippen LogP contribution in [0.15, 0.2) is 0 Å². The van der Waals surface area contributed by atoms with Gasteiger partial charge in [-0.25, -0.2) is 20.3 Å². The van der Waals surface area contributed by atoms with Crippen molar-refractivity contribution >= 4 is 17.9 Å². The molecule has 0 atom stereocenters. The van der Waals surface area contributed by atoms with Crippen molar-refractivity contribution in [1.82, 2.24) is 6.15 Å². The van der Waals surface area contributed by atoms with Gasteiger partial charge in [-0.05, 0) is 0 Å². The van der Waals surface area contributed by atoms with Gasteiger partial charge in [0.15, 0.2) is 6.61 Å². The number of carboxylic acids is 3. The Morgan fingerprint density at radius 3 is 1.38 bits per heavy atom. The third-order valence-electron chi connectivity index (χ3n) is 0.390. The first-order valence-corrected chi connectivity index (χ1v) is 2.41. The zero-order valence-electron chi connectivity index (χ0n) is 6.47. The molecule has 0 radical (unpaired) electrons. The molecule has 9 heteroatoms. The number of aliphatic carboxylic acids is 3. The molecule has 0 saturated heterocycles. The van der Waals surface area contributed by atoms with E-state index in [4.69, 9.17) is 24.9 Å². The lowest BCUT2D eigenvalue weighted by Gasteiger charge is -1.83. The first kappa shape index (κ1) is 17.4. The van der Waals surface area contributed by atoms with Crippen LogP contribution in [0.3, 0.4) is 0 Å². The summed E-state index contributed by atoms with van der Waals surface area (Å²) in [6.07, 6.45) is 0. The summed E-state index contributed by atoms with van der Waals surface area (Å²) in [6.45, 7) is -0.431. The van der Waals surface area contributed by atoms with Gasteiger partial charge in [0.05, 0.1) is 0 Å². The van der Waals surface area contributed by atoms with Gasteiger partial charge in [0, 0.05) is 0 Å². The second-order valence-electron chi connectivity index (χ2n) is 1.32. The highest BCUT2D eigenvalue weighted by molar-refractivity contribution is 6.27. The van der Waals surface area contributed by atoms with E-state index in [1.54, 1.807) is 0 Å². The summed E-state index contributed by atoms with van der Waals surface area (Å²) in [6, 6.07) is 0. The first-order chi connectivity index (χ1) is 5.41. The predicted octanol–water partition coefficient (Wildman–Crippen LogP) is -1.72. The summed E-state index contributed by atoms with van der Waals surface area (Å²) in [4.78, 5) is 31.3. The number of nitrogens with two attached hydrogens (primary N) is 1. The quantitative estimate of drug-likeness (QED) is 0.254. The molecular formula is C4H10N2O7. The largest absolute Gasteiger partial charge is 0.479 e. The van der Waals surface area contributed by atoms with Gasteiger partial charge in [0.25, 0.3) is 0 Å². The molecule has 0 rings (SSSR count). The van der Waals surface area contributed by atoms with Crippen molar-refractivity contribution < 1.29 is 34.5 Å². The minimum atomic E-state index is -1.82. The minimum absolute atomic E-state index is 0. The van der Waals surface area contributed by atoms with Gasteiger partial charge in [-0.1, -0.05) is 0 Å². The zero-order chi connectivity index (χ0) is 10.1. The highest BCUT2D eigenvalue weighted by atomic mass is 16.6. The van der Waals surface area contributed by atoms with Crippen LogP contribution in [0.1, 0.15) is 0 Å². The van der Waals surface area contributed by atoms with Gasteiger partial charge in [-0.15, -0.1) is 0 Å². The predicted molar refractivity (Wildman–Crippen MR) is 38.1 cm³/mol. The standard InChI is InChI=1S/C2H5NO3.C2H2O4.H3N/c3-6-1-2(4)5;3-1(4)2(5)6;/h1,3H2,(H,4,5);(H,3,4)(H,5,6);1H3. The number of carboxylic acid groups (broad SMARTS) is 3. The second kappa shape index (κ2) is 10.3. The van der Waals surface area contributed by atoms with E-state index in [0.29, 0.717) is 0 Å². The van der Waals surface area contributed by atoms with Gasteiger partial charge in [0.2, 0.25) is 0 Å². The molecule has 8 N–H and O–H groups in total. The van der Waals surface area contributed by atoms with Crippen LogP contribution in [0.5, 0.6) is 0 Å². The summed E-state index contributed by atoms with van der Waals surface area (Å²) < 4.78 is 0. The normalized spacial score (nSPS) is 7.15. The van der Waals surface area contributed by atoms with Crippen LogP contribution in [-0.4, -0.2) is 39.8 Å². The Bertz CT molecular complexity index is 167. The van der Waals surface area contributed by atoms with E-state index in [0.717, 1.165) is 0 Å². The average molecular weight is 198 g/mol. The SMILES string of the molecule is N.NOCC(=O)O.O=C(O)C(=O)O. The lowest BCUT2D eigenvalue weighted by atomic mass is 10.7.